The third-order valence-electron chi connectivity index (χ3n) is 3.26. The van der Waals surface area contributed by atoms with Gasteiger partial charge in [0.15, 0.2) is 0 Å². The highest BCUT2D eigenvalue weighted by Gasteiger charge is 2.34. The summed E-state index contributed by atoms with van der Waals surface area (Å²) in [4.78, 5) is 0. The van der Waals surface area contributed by atoms with Crippen molar-refractivity contribution < 1.29 is 0 Å². The van der Waals surface area contributed by atoms with Gasteiger partial charge in [-0.2, -0.15) is 0 Å². The van der Waals surface area contributed by atoms with E-state index in [2.05, 4.69) is 64.4 Å². The molecule has 2 rings (SSSR count). The van der Waals surface area contributed by atoms with Gasteiger partial charge in [-0.1, -0.05) is 63.4 Å². The summed E-state index contributed by atoms with van der Waals surface area (Å²) in [6.45, 7) is 18.3. The van der Waals surface area contributed by atoms with Crippen LogP contribution in [0.4, 0.5) is 0 Å². The van der Waals surface area contributed by atoms with E-state index < -0.39 is 0 Å². The molecule has 17 heavy (non-hydrogen) atoms. The lowest BCUT2D eigenvalue weighted by Crippen LogP contribution is -2.15. The first kappa shape index (κ1) is 13.2. The summed E-state index contributed by atoms with van der Waals surface area (Å²) in [6, 6.07) is 8.51. The minimum absolute atomic E-state index is 0.0574. The van der Waals surface area contributed by atoms with Crippen molar-refractivity contribution in [1.29, 1.82) is 0 Å². The lowest BCUT2D eigenvalue weighted by atomic mass is 9.81. The molecule has 0 bridgehead atoms. The van der Waals surface area contributed by atoms with E-state index in [0.717, 1.165) is 0 Å². The van der Waals surface area contributed by atoms with Gasteiger partial charge in [0.2, 0.25) is 0 Å². The zero-order chi connectivity index (χ0) is 13.1. The Morgan fingerprint density at radius 1 is 1.00 bits per heavy atom. The van der Waals surface area contributed by atoms with Crippen LogP contribution in [0.25, 0.3) is 5.57 Å². The fraction of sp³-hybridized carbons (Fsp3) is 0.176. The van der Waals surface area contributed by atoms with Gasteiger partial charge in [0.05, 0.1) is 0 Å². The lowest BCUT2D eigenvalue weighted by molar-refractivity contribution is 0.654. The van der Waals surface area contributed by atoms with Gasteiger partial charge < -0.3 is 0 Å². The summed E-state index contributed by atoms with van der Waals surface area (Å²) >= 11 is 0. The molecule has 0 saturated heterocycles. The zero-order valence-corrected chi connectivity index (χ0v) is 10.8. The summed E-state index contributed by atoms with van der Waals surface area (Å²) in [6.07, 6.45) is 3.89. The molecule has 0 N–H and O–H groups in total. The highest BCUT2D eigenvalue weighted by molar-refractivity contribution is 5.87. The Balaban J connectivity index is 0.000000686. The number of rotatable bonds is 2. The van der Waals surface area contributed by atoms with Crippen molar-refractivity contribution in [3.05, 3.63) is 79.4 Å². The van der Waals surface area contributed by atoms with Crippen molar-refractivity contribution in [1.82, 2.24) is 0 Å². The van der Waals surface area contributed by atoms with Crippen molar-refractivity contribution in [2.75, 3.05) is 0 Å². The summed E-state index contributed by atoms with van der Waals surface area (Å²) in [5, 5.41) is 0. The van der Waals surface area contributed by atoms with Gasteiger partial charge in [-0.25, -0.2) is 0 Å². The van der Waals surface area contributed by atoms with Crippen molar-refractivity contribution >= 4 is 5.57 Å². The van der Waals surface area contributed by atoms with Crippen LogP contribution in [0.2, 0.25) is 0 Å². The number of allylic oxidation sites excluding steroid dienone is 4. The highest BCUT2D eigenvalue weighted by atomic mass is 14.4. The molecule has 0 unspecified atom stereocenters. The Bertz CT molecular complexity index is 473. The summed E-state index contributed by atoms with van der Waals surface area (Å²) in [7, 11) is 0. The topological polar surface area (TPSA) is 0 Å². The third-order valence-corrected chi connectivity index (χ3v) is 3.26. The maximum Gasteiger partial charge on any atom is 0.0158 e. The Labute approximate surface area is 105 Å². The monoisotopic (exact) mass is 224 g/mol. The minimum Gasteiger partial charge on any atom is -0.106 e. The largest absolute Gasteiger partial charge is 0.106 e. The Kier molecular flexibility index (Phi) is 3.90. The maximum atomic E-state index is 3.91. The molecule has 0 saturated carbocycles. The first-order chi connectivity index (χ1) is 8.12. The van der Waals surface area contributed by atoms with Crippen LogP contribution in [0.15, 0.2) is 68.3 Å². The van der Waals surface area contributed by atoms with E-state index in [9.17, 15) is 0 Å². The molecule has 0 atom stereocenters. The molecular weight excluding hydrogens is 204 g/mol. The highest BCUT2D eigenvalue weighted by Crippen LogP contribution is 2.46. The minimum atomic E-state index is 0.0574. The van der Waals surface area contributed by atoms with E-state index in [4.69, 9.17) is 0 Å². The van der Waals surface area contributed by atoms with Gasteiger partial charge in [0.25, 0.3) is 0 Å². The van der Waals surface area contributed by atoms with E-state index in [1.165, 1.54) is 22.3 Å². The van der Waals surface area contributed by atoms with Crippen LogP contribution >= 0.6 is 0 Å². The van der Waals surface area contributed by atoms with Crippen LogP contribution in [-0.4, -0.2) is 0 Å². The van der Waals surface area contributed by atoms with Crippen LogP contribution < -0.4 is 0 Å². The van der Waals surface area contributed by atoms with Gasteiger partial charge in [-0.3, -0.25) is 0 Å². The average Bonchev–Trinajstić information content (AvgIpc) is 2.59. The van der Waals surface area contributed by atoms with E-state index in [1.54, 1.807) is 0 Å². The fourth-order valence-corrected chi connectivity index (χ4v) is 2.47. The number of hydrogen-bond donors (Lipinski definition) is 0. The van der Waals surface area contributed by atoms with Crippen LogP contribution in [0.5, 0.6) is 0 Å². The van der Waals surface area contributed by atoms with E-state index >= 15 is 0 Å². The molecule has 0 spiro atoms. The smallest absolute Gasteiger partial charge is 0.0158 e. The second-order valence-electron chi connectivity index (χ2n) is 4.41. The van der Waals surface area contributed by atoms with Crippen molar-refractivity contribution in [2.24, 2.45) is 0 Å². The van der Waals surface area contributed by atoms with Gasteiger partial charge in [0.1, 0.15) is 0 Å². The normalized spacial score (nSPS) is 15.6. The number of hydrogen-bond acceptors (Lipinski definition) is 0. The molecule has 0 fully saturated rings. The van der Waals surface area contributed by atoms with Crippen molar-refractivity contribution in [3.8, 4) is 0 Å². The molecule has 0 amide bonds. The van der Waals surface area contributed by atoms with Gasteiger partial charge in [0, 0.05) is 5.41 Å². The summed E-state index contributed by atoms with van der Waals surface area (Å²) in [5.74, 6) is 0. The van der Waals surface area contributed by atoms with E-state index in [0.29, 0.717) is 0 Å². The number of fused-ring (bicyclic) bond motifs is 1. The van der Waals surface area contributed by atoms with Crippen molar-refractivity contribution in [2.45, 2.75) is 19.3 Å². The Morgan fingerprint density at radius 2 is 1.59 bits per heavy atom. The Morgan fingerprint density at radius 3 is 2.12 bits per heavy atom. The quantitative estimate of drug-likeness (QED) is 0.626. The molecule has 1 aliphatic rings. The van der Waals surface area contributed by atoms with Crippen LogP contribution in [-0.2, 0) is 5.41 Å². The fourth-order valence-electron chi connectivity index (χ4n) is 2.47. The van der Waals surface area contributed by atoms with Gasteiger partial charge in [-0.15, -0.1) is 13.2 Å². The van der Waals surface area contributed by atoms with Crippen LogP contribution in [0.3, 0.4) is 0 Å². The molecule has 0 radical (unpaired) electrons. The zero-order valence-electron chi connectivity index (χ0n) is 10.8. The molecule has 0 heteroatoms. The predicted octanol–water partition coefficient (Wildman–Crippen LogP) is 4.91. The molecule has 1 aromatic rings. The van der Waals surface area contributed by atoms with Crippen molar-refractivity contribution in [3.63, 3.8) is 0 Å². The average molecular weight is 224 g/mol. The molecule has 0 aromatic heterocycles. The SMILES string of the molecule is C=C.C=CC1=C(C=C)C(C)(C)c2ccccc21. The van der Waals surface area contributed by atoms with Gasteiger partial charge in [-0.05, 0) is 22.3 Å². The lowest BCUT2D eigenvalue weighted by Gasteiger charge is -2.22. The summed E-state index contributed by atoms with van der Waals surface area (Å²) < 4.78 is 0. The summed E-state index contributed by atoms with van der Waals surface area (Å²) in [5.41, 5.74) is 5.23. The third kappa shape index (κ3) is 1.91. The number of benzene rings is 1. The predicted molar refractivity (Wildman–Crippen MR) is 78.0 cm³/mol. The Hall–Kier alpha value is -1.82. The van der Waals surface area contributed by atoms with Crippen LogP contribution in [0, 0.1) is 0 Å². The van der Waals surface area contributed by atoms with E-state index in [1.807, 2.05) is 12.2 Å². The molecular formula is C17H20. The van der Waals surface area contributed by atoms with E-state index in [-0.39, 0.29) is 5.41 Å². The molecule has 0 aliphatic heterocycles. The molecule has 0 heterocycles. The molecule has 0 nitrogen and oxygen atoms in total. The second kappa shape index (κ2) is 5.01. The van der Waals surface area contributed by atoms with Gasteiger partial charge >= 0.3 is 0 Å². The van der Waals surface area contributed by atoms with Crippen LogP contribution in [0.1, 0.15) is 25.0 Å². The molecule has 1 aromatic carbocycles. The molecule has 88 valence electrons. The maximum absolute atomic E-state index is 3.91. The second-order valence-corrected chi connectivity index (χ2v) is 4.41. The standard InChI is InChI=1S/C15H16.C2H4/c1-5-11-12-9-7-8-10-14(12)15(3,4)13(11)6-2;1-2/h5-10H,1-2H2,3-4H3;1-2H2. The first-order valence-corrected chi connectivity index (χ1v) is 5.72. The first-order valence-electron chi connectivity index (χ1n) is 5.72. The molecule has 1 aliphatic carbocycles.